The quantitative estimate of drug-likeness (QED) is 0.336. The summed E-state index contributed by atoms with van der Waals surface area (Å²) >= 11 is 5.82. The molecule has 3 heterocycles. The molecule has 5 rings (SSSR count). The average Bonchev–Trinajstić information content (AvgIpc) is 3.19. The topological polar surface area (TPSA) is 104 Å². The molecular formula is C23H21ClN6O2. The number of rotatable bonds is 7. The number of nitrogens with one attached hydrogen (secondary N) is 4. The van der Waals surface area contributed by atoms with E-state index in [4.69, 9.17) is 16.3 Å². The molecule has 0 unspecified atom stereocenters. The Bertz CT molecular complexity index is 1240. The lowest BCUT2D eigenvalue weighted by molar-refractivity contribution is 0.0211. The number of ether oxygens (including phenoxy) is 1. The van der Waals surface area contributed by atoms with Crippen LogP contribution in [0.3, 0.4) is 0 Å². The van der Waals surface area contributed by atoms with Gasteiger partial charge in [0.05, 0.1) is 35.3 Å². The molecular weight excluding hydrogens is 428 g/mol. The van der Waals surface area contributed by atoms with Crippen molar-refractivity contribution >= 4 is 46.0 Å². The molecule has 0 aliphatic carbocycles. The molecule has 2 aromatic carbocycles. The van der Waals surface area contributed by atoms with E-state index < -0.39 is 0 Å². The summed E-state index contributed by atoms with van der Waals surface area (Å²) in [5.74, 6) is 0.920. The molecule has 1 aliphatic heterocycles. The number of aromatic nitrogens is 3. The second kappa shape index (κ2) is 8.86. The lowest BCUT2D eigenvalue weighted by Gasteiger charge is -2.27. The van der Waals surface area contributed by atoms with E-state index in [1.54, 1.807) is 24.3 Å². The number of halogens is 1. The van der Waals surface area contributed by atoms with Crippen LogP contribution < -0.4 is 16.0 Å². The summed E-state index contributed by atoms with van der Waals surface area (Å²) in [5, 5.41) is 10.00. The van der Waals surface area contributed by atoms with Gasteiger partial charge in [0.25, 0.3) is 5.91 Å². The van der Waals surface area contributed by atoms with E-state index in [2.05, 4.69) is 37.0 Å². The number of carbonyl (C=O) groups excluding carboxylic acids is 1. The summed E-state index contributed by atoms with van der Waals surface area (Å²) in [6.07, 6.45) is 1.49. The SMILES string of the molecule is O=C(Nc1ccc(Cl)cn1)c1ccc(CNc2nc3ccc(NC4COC4)cc3[nH]2)cc1. The van der Waals surface area contributed by atoms with Crippen molar-refractivity contribution in [3.05, 3.63) is 76.9 Å². The van der Waals surface area contributed by atoms with Crippen LogP contribution >= 0.6 is 11.6 Å². The summed E-state index contributed by atoms with van der Waals surface area (Å²) < 4.78 is 5.20. The van der Waals surface area contributed by atoms with Gasteiger partial charge in [-0.15, -0.1) is 0 Å². The third kappa shape index (κ3) is 4.66. The Morgan fingerprint density at radius 2 is 1.97 bits per heavy atom. The molecule has 0 atom stereocenters. The Labute approximate surface area is 189 Å². The van der Waals surface area contributed by atoms with Crippen molar-refractivity contribution in [2.45, 2.75) is 12.6 Å². The first kappa shape index (κ1) is 20.3. The molecule has 0 spiro atoms. The van der Waals surface area contributed by atoms with Gasteiger partial charge in [-0.2, -0.15) is 0 Å². The predicted molar refractivity (Wildman–Crippen MR) is 125 cm³/mol. The van der Waals surface area contributed by atoms with Crippen molar-refractivity contribution in [2.75, 3.05) is 29.2 Å². The largest absolute Gasteiger partial charge is 0.378 e. The first-order valence-electron chi connectivity index (χ1n) is 10.2. The molecule has 0 bridgehead atoms. The second-order valence-corrected chi connectivity index (χ2v) is 8.00. The molecule has 1 aliphatic rings. The van der Waals surface area contributed by atoms with Gasteiger partial charge in [0.1, 0.15) is 5.82 Å². The summed E-state index contributed by atoms with van der Waals surface area (Å²) in [7, 11) is 0. The van der Waals surface area contributed by atoms with Crippen LogP contribution in [0.5, 0.6) is 0 Å². The molecule has 9 heteroatoms. The third-order valence-corrected chi connectivity index (χ3v) is 5.36. The normalized spacial score (nSPS) is 13.5. The van der Waals surface area contributed by atoms with E-state index in [1.807, 2.05) is 24.3 Å². The number of carbonyl (C=O) groups is 1. The predicted octanol–water partition coefficient (Wildman–Crippen LogP) is 4.29. The van der Waals surface area contributed by atoms with Crippen LogP contribution in [0.25, 0.3) is 11.0 Å². The standard InChI is InChI=1S/C23H21ClN6O2/c24-16-5-8-21(25-11-16)30-22(31)15-3-1-14(2-4-15)10-26-23-28-19-7-6-17(9-20(19)29-23)27-18-12-32-13-18/h1-9,11,18,27H,10,12-13H2,(H,25,30,31)(H2,26,28,29). The van der Waals surface area contributed by atoms with Gasteiger partial charge in [0.2, 0.25) is 5.95 Å². The molecule has 8 nitrogen and oxygen atoms in total. The number of hydrogen-bond donors (Lipinski definition) is 4. The van der Waals surface area contributed by atoms with E-state index in [0.29, 0.717) is 34.9 Å². The highest BCUT2D eigenvalue weighted by Crippen LogP contribution is 2.21. The fourth-order valence-electron chi connectivity index (χ4n) is 3.34. The van der Waals surface area contributed by atoms with Crippen LogP contribution in [0.2, 0.25) is 5.02 Å². The molecule has 4 N–H and O–H groups in total. The zero-order valence-electron chi connectivity index (χ0n) is 17.1. The molecule has 1 fully saturated rings. The third-order valence-electron chi connectivity index (χ3n) is 5.14. The number of hydrogen-bond acceptors (Lipinski definition) is 6. The van der Waals surface area contributed by atoms with E-state index in [1.165, 1.54) is 6.20 Å². The number of pyridine rings is 1. The maximum atomic E-state index is 12.4. The van der Waals surface area contributed by atoms with Crippen LogP contribution in [-0.4, -0.2) is 40.1 Å². The molecule has 1 saturated heterocycles. The Kier molecular flexibility index (Phi) is 5.62. The molecule has 0 radical (unpaired) electrons. The van der Waals surface area contributed by atoms with E-state index in [9.17, 15) is 4.79 Å². The van der Waals surface area contributed by atoms with Crippen LogP contribution in [0.15, 0.2) is 60.8 Å². The summed E-state index contributed by atoms with van der Waals surface area (Å²) in [6.45, 7) is 2.06. The molecule has 1 amide bonds. The van der Waals surface area contributed by atoms with Crippen molar-refractivity contribution in [2.24, 2.45) is 0 Å². The number of H-pyrrole nitrogens is 1. The summed E-state index contributed by atoms with van der Waals surface area (Å²) in [5.41, 5.74) is 4.47. The minimum absolute atomic E-state index is 0.227. The van der Waals surface area contributed by atoms with E-state index in [0.717, 1.165) is 35.5 Å². The zero-order chi connectivity index (χ0) is 21.9. The Balaban J connectivity index is 1.18. The highest BCUT2D eigenvalue weighted by atomic mass is 35.5. The Morgan fingerprint density at radius 1 is 1.12 bits per heavy atom. The van der Waals surface area contributed by atoms with E-state index >= 15 is 0 Å². The smallest absolute Gasteiger partial charge is 0.256 e. The van der Waals surface area contributed by atoms with Crippen molar-refractivity contribution in [1.29, 1.82) is 0 Å². The number of anilines is 3. The maximum Gasteiger partial charge on any atom is 0.256 e. The number of benzene rings is 2. The van der Waals surface area contributed by atoms with Gasteiger partial charge in [-0.05, 0) is 48.0 Å². The molecule has 4 aromatic rings. The Morgan fingerprint density at radius 3 is 2.69 bits per heavy atom. The van der Waals surface area contributed by atoms with Gasteiger partial charge >= 0.3 is 0 Å². The fourth-order valence-corrected chi connectivity index (χ4v) is 3.45. The highest BCUT2D eigenvalue weighted by molar-refractivity contribution is 6.30. The lowest BCUT2D eigenvalue weighted by Crippen LogP contribution is -2.40. The molecule has 32 heavy (non-hydrogen) atoms. The fraction of sp³-hybridized carbons (Fsp3) is 0.174. The minimum Gasteiger partial charge on any atom is -0.378 e. The molecule has 0 saturated carbocycles. The Hall–Kier alpha value is -3.62. The van der Waals surface area contributed by atoms with Crippen LogP contribution in [0, 0.1) is 0 Å². The number of imidazole rings is 1. The highest BCUT2D eigenvalue weighted by Gasteiger charge is 2.17. The van der Waals surface area contributed by atoms with Gasteiger partial charge in [0.15, 0.2) is 0 Å². The van der Waals surface area contributed by atoms with Crippen molar-refractivity contribution < 1.29 is 9.53 Å². The average molecular weight is 449 g/mol. The molecule has 2 aromatic heterocycles. The van der Waals surface area contributed by atoms with Gasteiger partial charge in [-0.25, -0.2) is 9.97 Å². The number of amides is 1. The maximum absolute atomic E-state index is 12.4. The van der Waals surface area contributed by atoms with Crippen LogP contribution in [0.4, 0.5) is 17.5 Å². The zero-order valence-corrected chi connectivity index (χ0v) is 17.8. The molecule has 162 valence electrons. The summed E-state index contributed by atoms with van der Waals surface area (Å²) in [6, 6.07) is 17.1. The number of fused-ring (bicyclic) bond motifs is 1. The first-order valence-corrected chi connectivity index (χ1v) is 10.6. The van der Waals surface area contributed by atoms with Gasteiger partial charge < -0.3 is 25.7 Å². The monoisotopic (exact) mass is 448 g/mol. The van der Waals surface area contributed by atoms with Crippen molar-refractivity contribution in [3.8, 4) is 0 Å². The summed E-state index contributed by atoms with van der Waals surface area (Å²) in [4.78, 5) is 24.3. The minimum atomic E-state index is -0.227. The van der Waals surface area contributed by atoms with Crippen molar-refractivity contribution in [1.82, 2.24) is 15.0 Å². The van der Waals surface area contributed by atoms with Gasteiger partial charge in [-0.1, -0.05) is 23.7 Å². The first-order chi connectivity index (χ1) is 15.6. The van der Waals surface area contributed by atoms with Crippen LogP contribution in [-0.2, 0) is 11.3 Å². The lowest BCUT2D eigenvalue weighted by atomic mass is 10.1. The van der Waals surface area contributed by atoms with Crippen LogP contribution in [0.1, 0.15) is 15.9 Å². The number of aromatic amines is 1. The van der Waals surface area contributed by atoms with Gasteiger partial charge in [0, 0.05) is 24.0 Å². The second-order valence-electron chi connectivity index (χ2n) is 7.56. The van der Waals surface area contributed by atoms with Crippen molar-refractivity contribution in [3.63, 3.8) is 0 Å². The number of nitrogens with zero attached hydrogens (tertiary/aromatic N) is 2. The van der Waals surface area contributed by atoms with Gasteiger partial charge in [-0.3, -0.25) is 4.79 Å². The van der Waals surface area contributed by atoms with E-state index in [-0.39, 0.29) is 5.91 Å².